The van der Waals surface area contributed by atoms with Crippen LogP contribution in [0.3, 0.4) is 0 Å². The van der Waals surface area contributed by atoms with Crippen molar-refractivity contribution in [3.05, 3.63) is 16.3 Å². The summed E-state index contributed by atoms with van der Waals surface area (Å²) in [6.45, 7) is 3.59. The van der Waals surface area contributed by atoms with Crippen molar-refractivity contribution in [2.75, 3.05) is 12.8 Å². The van der Waals surface area contributed by atoms with Gasteiger partial charge in [-0.2, -0.15) is 0 Å². The third-order valence-corrected chi connectivity index (χ3v) is 3.47. The van der Waals surface area contributed by atoms with E-state index in [2.05, 4.69) is 9.97 Å². The van der Waals surface area contributed by atoms with Gasteiger partial charge in [0.1, 0.15) is 21.3 Å². The standard InChI is InChI=1S/C10H11N3O2S/c1-4-6-8(11)12-5(2)13-9(6)16-7(4)10(14)15-3/h1-3H3,(H2,11,12,13). The molecule has 0 saturated carbocycles. The molecule has 0 amide bonds. The molecular weight excluding hydrogens is 226 g/mol. The molecule has 0 unspecified atom stereocenters. The summed E-state index contributed by atoms with van der Waals surface area (Å²) in [7, 11) is 1.35. The quantitative estimate of drug-likeness (QED) is 0.763. The van der Waals surface area contributed by atoms with Crippen molar-refractivity contribution in [2.45, 2.75) is 13.8 Å². The highest BCUT2D eigenvalue weighted by Gasteiger charge is 2.19. The fourth-order valence-electron chi connectivity index (χ4n) is 1.57. The number of methoxy groups -OCH3 is 1. The first kappa shape index (κ1) is 10.8. The SMILES string of the molecule is COC(=O)c1sc2nc(C)nc(N)c2c1C. The van der Waals surface area contributed by atoms with E-state index in [1.54, 1.807) is 6.92 Å². The van der Waals surface area contributed by atoms with E-state index in [9.17, 15) is 4.79 Å². The number of ether oxygens (including phenoxy) is 1. The van der Waals surface area contributed by atoms with E-state index in [0.29, 0.717) is 16.5 Å². The average molecular weight is 237 g/mol. The second kappa shape index (κ2) is 3.71. The highest BCUT2D eigenvalue weighted by atomic mass is 32.1. The number of anilines is 1. The Hall–Kier alpha value is -1.69. The summed E-state index contributed by atoms with van der Waals surface area (Å²) in [4.78, 5) is 21.1. The van der Waals surface area contributed by atoms with Crippen LogP contribution in [-0.2, 0) is 4.74 Å². The van der Waals surface area contributed by atoms with Gasteiger partial charge in [-0.25, -0.2) is 14.8 Å². The predicted octanol–water partition coefficient (Wildman–Crippen LogP) is 1.68. The highest BCUT2D eigenvalue weighted by molar-refractivity contribution is 7.20. The minimum atomic E-state index is -0.363. The largest absolute Gasteiger partial charge is 0.465 e. The number of nitrogens with zero attached hydrogens (tertiary/aromatic N) is 2. The first-order valence-electron chi connectivity index (χ1n) is 4.66. The van der Waals surface area contributed by atoms with Gasteiger partial charge in [-0.3, -0.25) is 0 Å². The van der Waals surface area contributed by atoms with Crippen LogP contribution in [0.5, 0.6) is 0 Å². The van der Waals surface area contributed by atoms with Crippen molar-refractivity contribution in [3.63, 3.8) is 0 Å². The summed E-state index contributed by atoms with van der Waals surface area (Å²) in [5, 5.41) is 0.746. The molecular formula is C10H11N3O2S. The summed E-state index contributed by atoms with van der Waals surface area (Å²) in [5.41, 5.74) is 6.60. The molecule has 0 aromatic carbocycles. The van der Waals surface area contributed by atoms with Crippen LogP contribution in [0.4, 0.5) is 5.82 Å². The van der Waals surface area contributed by atoms with E-state index in [4.69, 9.17) is 10.5 Å². The molecule has 0 atom stereocenters. The number of fused-ring (bicyclic) bond motifs is 1. The Kier molecular flexibility index (Phi) is 2.51. The van der Waals surface area contributed by atoms with Crippen LogP contribution in [0.1, 0.15) is 21.1 Å². The fraction of sp³-hybridized carbons (Fsp3) is 0.300. The van der Waals surface area contributed by atoms with Gasteiger partial charge in [-0.1, -0.05) is 0 Å². The summed E-state index contributed by atoms with van der Waals surface area (Å²) < 4.78 is 4.70. The molecule has 84 valence electrons. The third-order valence-electron chi connectivity index (χ3n) is 2.30. The van der Waals surface area contributed by atoms with Gasteiger partial charge in [0.2, 0.25) is 0 Å². The molecule has 0 fully saturated rings. The van der Waals surface area contributed by atoms with Gasteiger partial charge in [-0.05, 0) is 19.4 Å². The Morgan fingerprint density at radius 2 is 2.06 bits per heavy atom. The van der Waals surface area contributed by atoms with Gasteiger partial charge in [0.05, 0.1) is 12.5 Å². The lowest BCUT2D eigenvalue weighted by Crippen LogP contribution is -2.00. The third kappa shape index (κ3) is 1.51. The van der Waals surface area contributed by atoms with E-state index in [1.807, 2.05) is 6.92 Å². The topological polar surface area (TPSA) is 78.1 Å². The van der Waals surface area contributed by atoms with Crippen molar-refractivity contribution in [1.82, 2.24) is 9.97 Å². The smallest absolute Gasteiger partial charge is 0.348 e. The molecule has 0 bridgehead atoms. The second-order valence-electron chi connectivity index (χ2n) is 3.38. The number of rotatable bonds is 1. The zero-order valence-corrected chi connectivity index (χ0v) is 10.0. The number of hydrogen-bond acceptors (Lipinski definition) is 6. The van der Waals surface area contributed by atoms with Crippen LogP contribution in [0, 0.1) is 13.8 Å². The molecule has 2 rings (SSSR count). The first-order chi connectivity index (χ1) is 7.54. The van der Waals surface area contributed by atoms with Crippen LogP contribution in [0.15, 0.2) is 0 Å². The van der Waals surface area contributed by atoms with Gasteiger partial charge >= 0.3 is 5.97 Å². The van der Waals surface area contributed by atoms with Crippen molar-refractivity contribution in [2.24, 2.45) is 0 Å². The molecule has 2 aromatic rings. The van der Waals surface area contributed by atoms with E-state index >= 15 is 0 Å². The predicted molar refractivity (Wildman–Crippen MR) is 62.6 cm³/mol. The summed E-state index contributed by atoms with van der Waals surface area (Å²) in [6.07, 6.45) is 0. The zero-order valence-electron chi connectivity index (χ0n) is 9.20. The molecule has 0 aliphatic heterocycles. The monoisotopic (exact) mass is 237 g/mol. The Labute approximate surface area is 96.3 Å². The molecule has 0 spiro atoms. The number of nitrogen functional groups attached to an aromatic ring is 1. The lowest BCUT2D eigenvalue weighted by atomic mass is 10.2. The fourth-order valence-corrected chi connectivity index (χ4v) is 2.72. The Balaban J connectivity index is 2.78. The molecule has 2 aromatic heterocycles. The van der Waals surface area contributed by atoms with E-state index in [1.165, 1.54) is 18.4 Å². The first-order valence-corrected chi connectivity index (χ1v) is 5.47. The lowest BCUT2D eigenvalue weighted by molar-refractivity contribution is 0.0605. The molecule has 6 heteroatoms. The number of aromatic nitrogens is 2. The molecule has 2 heterocycles. The number of thiophene rings is 1. The number of nitrogens with two attached hydrogens (primary N) is 1. The summed E-state index contributed by atoms with van der Waals surface area (Å²) in [5.74, 6) is 0.645. The van der Waals surface area contributed by atoms with Crippen LogP contribution in [0.2, 0.25) is 0 Å². The summed E-state index contributed by atoms with van der Waals surface area (Å²) in [6, 6.07) is 0. The van der Waals surface area contributed by atoms with Crippen LogP contribution >= 0.6 is 11.3 Å². The van der Waals surface area contributed by atoms with Gasteiger partial charge in [0.25, 0.3) is 0 Å². The maximum atomic E-state index is 11.5. The minimum absolute atomic E-state index is 0.363. The normalized spacial score (nSPS) is 10.7. The van der Waals surface area contributed by atoms with Crippen LogP contribution < -0.4 is 5.73 Å². The number of esters is 1. The number of aryl methyl sites for hydroxylation is 2. The van der Waals surface area contributed by atoms with Crippen molar-refractivity contribution in [3.8, 4) is 0 Å². The lowest BCUT2D eigenvalue weighted by Gasteiger charge is -1.98. The molecule has 2 N–H and O–H groups in total. The molecule has 0 aliphatic rings. The van der Waals surface area contributed by atoms with Crippen molar-refractivity contribution in [1.29, 1.82) is 0 Å². The summed E-state index contributed by atoms with van der Waals surface area (Å²) >= 11 is 1.28. The van der Waals surface area contributed by atoms with Gasteiger partial charge in [0.15, 0.2) is 0 Å². The highest BCUT2D eigenvalue weighted by Crippen LogP contribution is 2.32. The molecule has 0 aliphatic carbocycles. The average Bonchev–Trinajstić information content (AvgIpc) is 2.54. The van der Waals surface area contributed by atoms with Gasteiger partial charge in [-0.15, -0.1) is 11.3 Å². The van der Waals surface area contributed by atoms with E-state index in [-0.39, 0.29) is 5.97 Å². The molecule has 0 radical (unpaired) electrons. The van der Waals surface area contributed by atoms with E-state index < -0.39 is 0 Å². The van der Waals surface area contributed by atoms with Gasteiger partial charge < -0.3 is 10.5 Å². The Morgan fingerprint density at radius 3 is 2.69 bits per heavy atom. The number of carbonyl (C=O) groups is 1. The molecule has 16 heavy (non-hydrogen) atoms. The minimum Gasteiger partial charge on any atom is -0.465 e. The van der Waals surface area contributed by atoms with Gasteiger partial charge in [0, 0.05) is 0 Å². The van der Waals surface area contributed by atoms with E-state index in [0.717, 1.165) is 15.8 Å². The molecule has 5 nitrogen and oxygen atoms in total. The Bertz CT molecular complexity index is 577. The Morgan fingerprint density at radius 1 is 1.38 bits per heavy atom. The van der Waals surface area contributed by atoms with Crippen LogP contribution in [0.25, 0.3) is 10.2 Å². The van der Waals surface area contributed by atoms with Crippen molar-refractivity contribution < 1.29 is 9.53 Å². The van der Waals surface area contributed by atoms with Crippen molar-refractivity contribution >= 4 is 33.3 Å². The molecule has 0 saturated heterocycles. The number of carbonyl (C=O) groups excluding carboxylic acids is 1. The zero-order chi connectivity index (χ0) is 11.9. The maximum absolute atomic E-state index is 11.5. The maximum Gasteiger partial charge on any atom is 0.348 e. The second-order valence-corrected chi connectivity index (χ2v) is 4.38. The number of hydrogen-bond donors (Lipinski definition) is 1. The van der Waals surface area contributed by atoms with Crippen LogP contribution in [-0.4, -0.2) is 23.0 Å².